The molecule has 2 aliphatic rings. The monoisotopic (exact) mass is 453 g/mol. The predicted molar refractivity (Wildman–Crippen MR) is 112 cm³/mol. The van der Waals surface area contributed by atoms with Gasteiger partial charge in [0.2, 0.25) is 0 Å². The van der Waals surface area contributed by atoms with Crippen LogP contribution in [0.1, 0.15) is 39.2 Å². The van der Waals surface area contributed by atoms with Gasteiger partial charge in [-0.2, -0.15) is 13.2 Å². The molecule has 0 bridgehead atoms. The van der Waals surface area contributed by atoms with E-state index in [0.717, 1.165) is 10.5 Å². The molecule has 1 aliphatic carbocycles. The zero-order chi connectivity index (χ0) is 23.5. The van der Waals surface area contributed by atoms with Crippen LogP contribution >= 0.6 is 0 Å². The van der Waals surface area contributed by atoms with E-state index < -0.39 is 35.6 Å². The van der Waals surface area contributed by atoms with E-state index in [1.165, 1.54) is 0 Å². The zero-order valence-corrected chi connectivity index (χ0v) is 18.6. The van der Waals surface area contributed by atoms with Gasteiger partial charge in [0.15, 0.2) is 0 Å². The maximum Gasteiger partial charge on any atom is 0.471 e. The molecule has 176 valence electrons. The van der Waals surface area contributed by atoms with Gasteiger partial charge in [0.05, 0.1) is 18.1 Å². The van der Waals surface area contributed by atoms with E-state index in [1.807, 2.05) is 44.2 Å². The van der Waals surface area contributed by atoms with Gasteiger partial charge in [-0.05, 0) is 24.3 Å². The molecule has 5 nitrogen and oxygen atoms in total. The van der Waals surface area contributed by atoms with E-state index in [2.05, 4.69) is 0 Å². The van der Waals surface area contributed by atoms with Crippen molar-refractivity contribution in [3.8, 4) is 0 Å². The lowest BCUT2D eigenvalue weighted by Gasteiger charge is -2.42. The number of hydrogen-bond acceptors (Lipinski definition) is 4. The summed E-state index contributed by atoms with van der Waals surface area (Å²) in [4.78, 5) is 26.5. The number of alkyl halides is 3. The molecule has 8 heteroatoms. The molecule has 1 aromatic carbocycles. The number of ether oxygens (including phenoxy) is 2. The minimum Gasteiger partial charge on any atom is -0.460 e. The molecule has 1 saturated heterocycles. The number of carbonyl (C=O) groups excluding carboxylic acids is 2. The van der Waals surface area contributed by atoms with Crippen LogP contribution in [0.5, 0.6) is 0 Å². The molecule has 4 atom stereocenters. The Morgan fingerprint density at radius 3 is 2.53 bits per heavy atom. The lowest BCUT2D eigenvalue weighted by atomic mass is 9.76. The van der Waals surface area contributed by atoms with Crippen LogP contribution in [0.3, 0.4) is 0 Å². The van der Waals surface area contributed by atoms with Gasteiger partial charge in [-0.3, -0.25) is 9.59 Å². The van der Waals surface area contributed by atoms with Crippen LogP contribution in [0.15, 0.2) is 42.5 Å². The van der Waals surface area contributed by atoms with Crippen molar-refractivity contribution in [3.05, 3.63) is 48.0 Å². The SMILES string of the molecule is CC1COCCC1N(C(=O)C(F)(F)F)[C@@H]1C=C[C@@](C(=O)OCc2ccccc2)(C(C)C)C1. The first-order valence-corrected chi connectivity index (χ1v) is 10.9. The van der Waals surface area contributed by atoms with Gasteiger partial charge >= 0.3 is 18.1 Å². The highest BCUT2D eigenvalue weighted by molar-refractivity contribution is 5.84. The number of hydrogen-bond donors (Lipinski definition) is 0. The summed E-state index contributed by atoms with van der Waals surface area (Å²) in [5, 5.41) is 0. The first-order chi connectivity index (χ1) is 15.1. The highest BCUT2D eigenvalue weighted by atomic mass is 19.4. The van der Waals surface area contributed by atoms with Crippen molar-refractivity contribution in [1.29, 1.82) is 0 Å². The maximum atomic E-state index is 13.5. The molecule has 1 fully saturated rings. The average molecular weight is 454 g/mol. The molecule has 0 spiro atoms. The van der Waals surface area contributed by atoms with E-state index in [1.54, 1.807) is 19.1 Å². The third-order valence-electron chi connectivity index (χ3n) is 6.57. The summed E-state index contributed by atoms with van der Waals surface area (Å²) in [7, 11) is 0. The van der Waals surface area contributed by atoms with E-state index in [9.17, 15) is 22.8 Å². The van der Waals surface area contributed by atoms with E-state index in [4.69, 9.17) is 9.47 Å². The fourth-order valence-corrected chi connectivity index (χ4v) is 4.60. The molecule has 1 aromatic rings. The predicted octanol–water partition coefficient (Wildman–Crippen LogP) is 4.52. The van der Waals surface area contributed by atoms with Gasteiger partial charge in [-0.1, -0.05) is 63.3 Å². The molecular weight excluding hydrogens is 423 g/mol. The molecule has 1 aliphatic heterocycles. The molecule has 1 amide bonds. The Morgan fingerprint density at radius 1 is 1.25 bits per heavy atom. The second kappa shape index (κ2) is 9.65. The van der Waals surface area contributed by atoms with Crippen LogP contribution < -0.4 is 0 Å². The number of nitrogens with zero attached hydrogens (tertiary/aromatic N) is 1. The van der Waals surface area contributed by atoms with Gasteiger partial charge in [-0.25, -0.2) is 0 Å². The van der Waals surface area contributed by atoms with Crippen LogP contribution in [0, 0.1) is 17.3 Å². The normalized spacial score (nSPS) is 28.0. The van der Waals surface area contributed by atoms with Crippen molar-refractivity contribution in [2.45, 2.75) is 58.5 Å². The highest BCUT2D eigenvalue weighted by Crippen LogP contribution is 2.44. The van der Waals surface area contributed by atoms with Gasteiger partial charge in [0.25, 0.3) is 0 Å². The largest absolute Gasteiger partial charge is 0.471 e. The fourth-order valence-electron chi connectivity index (χ4n) is 4.60. The van der Waals surface area contributed by atoms with Gasteiger partial charge in [-0.15, -0.1) is 0 Å². The Kier molecular flexibility index (Phi) is 7.32. The van der Waals surface area contributed by atoms with Crippen LogP contribution in [0.2, 0.25) is 0 Å². The van der Waals surface area contributed by atoms with Crippen molar-refractivity contribution in [3.63, 3.8) is 0 Å². The number of carbonyl (C=O) groups is 2. The summed E-state index contributed by atoms with van der Waals surface area (Å²) in [6, 6.07) is 7.73. The Balaban J connectivity index is 1.83. The number of amides is 1. The van der Waals surface area contributed by atoms with Crippen LogP contribution in [-0.4, -0.2) is 48.3 Å². The van der Waals surface area contributed by atoms with E-state index >= 15 is 0 Å². The molecule has 0 saturated carbocycles. The summed E-state index contributed by atoms with van der Waals surface area (Å²) < 4.78 is 51.5. The van der Waals surface area contributed by atoms with Gasteiger partial charge < -0.3 is 14.4 Å². The Bertz CT molecular complexity index is 839. The van der Waals surface area contributed by atoms with Crippen LogP contribution in [0.25, 0.3) is 0 Å². The standard InChI is InChI=1S/C24H30F3NO4/c1-16(2)23(22(30)32-15-18-7-5-4-6-8-18)11-9-19(13-23)28(21(29)24(25,26)27)20-10-12-31-14-17(20)3/h4-9,11,16-17,19-20H,10,12-15H2,1-3H3/t17?,19-,20?,23+/m1/s1. The Morgan fingerprint density at radius 2 is 1.94 bits per heavy atom. The average Bonchev–Trinajstić information content (AvgIpc) is 3.20. The van der Waals surface area contributed by atoms with E-state index in [0.29, 0.717) is 13.0 Å². The fraction of sp³-hybridized carbons (Fsp3) is 0.583. The second-order valence-corrected chi connectivity index (χ2v) is 9.01. The molecule has 2 unspecified atom stereocenters. The Labute approximate surface area is 186 Å². The van der Waals surface area contributed by atoms with E-state index in [-0.39, 0.29) is 31.5 Å². The van der Waals surface area contributed by atoms with Crippen molar-refractivity contribution in [1.82, 2.24) is 4.90 Å². The lowest BCUT2D eigenvalue weighted by Crippen LogP contribution is -2.56. The number of halogens is 3. The number of esters is 1. The molecular formula is C24H30F3NO4. The highest BCUT2D eigenvalue weighted by Gasteiger charge is 2.53. The summed E-state index contributed by atoms with van der Waals surface area (Å²) in [5.41, 5.74) is -0.277. The summed E-state index contributed by atoms with van der Waals surface area (Å²) >= 11 is 0. The number of rotatable bonds is 6. The smallest absolute Gasteiger partial charge is 0.460 e. The van der Waals surface area contributed by atoms with Crippen molar-refractivity contribution < 1.29 is 32.2 Å². The van der Waals surface area contributed by atoms with Gasteiger partial charge in [0.1, 0.15) is 6.61 Å². The molecule has 1 heterocycles. The molecule has 32 heavy (non-hydrogen) atoms. The first kappa shape index (κ1) is 24.3. The molecule has 0 radical (unpaired) electrons. The maximum absolute atomic E-state index is 13.5. The quantitative estimate of drug-likeness (QED) is 0.470. The summed E-state index contributed by atoms with van der Waals surface area (Å²) in [5.74, 6) is -2.83. The van der Waals surface area contributed by atoms with Gasteiger partial charge in [0, 0.05) is 18.6 Å². The number of benzene rings is 1. The van der Waals surface area contributed by atoms with Crippen LogP contribution in [-0.2, 0) is 25.7 Å². The first-order valence-electron chi connectivity index (χ1n) is 10.9. The van der Waals surface area contributed by atoms with Crippen LogP contribution in [0.4, 0.5) is 13.2 Å². The summed E-state index contributed by atoms with van der Waals surface area (Å²) in [6.45, 7) is 6.11. The molecule has 0 aromatic heterocycles. The Hall–Kier alpha value is -2.35. The van der Waals surface area contributed by atoms with Crippen molar-refractivity contribution >= 4 is 11.9 Å². The minimum atomic E-state index is -5.00. The lowest BCUT2D eigenvalue weighted by molar-refractivity contribution is -0.193. The van der Waals surface area contributed by atoms with Crippen molar-refractivity contribution in [2.24, 2.45) is 17.3 Å². The third-order valence-corrected chi connectivity index (χ3v) is 6.57. The molecule has 3 rings (SSSR count). The topological polar surface area (TPSA) is 55.8 Å². The van der Waals surface area contributed by atoms with Crippen molar-refractivity contribution in [2.75, 3.05) is 13.2 Å². The molecule has 0 N–H and O–H groups in total. The minimum absolute atomic E-state index is 0.0597. The summed E-state index contributed by atoms with van der Waals surface area (Å²) in [6.07, 6.45) is -1.42. The third kappa shape index (κ3) is 5.00. The zero-order valence-electron chi connectivity index (χ0n) is 18.6. The second-order valence-electron chi connectivity index (χ2n) is 9.01.